The molecule has 2 aromatic rings. The SMILES string of the molecule is O=C1CC(Br)CN1c1nnc(-c2ccco2)o1. The van der Waals surface area contributed by atoms with Crippen molar-refractivity contribution >= 4 is 27.9 Å². The number of alkyl halides is 1. The minimum atomic E-state index is -0.0264. The molecule has 0 spiro atoms. The molecule has 1 atom stereocenters. The highest BCUT2D eigenvalue weighted by molar-refractivity contribution is 9.09. The molecule has 1 saturated heterocycles. The van der Waals surface area contributed by atoms with Gasteiger partial charge in [-0.25, -0.2) is 0 Å². The molecule has 6 nitrogen and oxygen atoms in total. The van der Waals surface area contributed by atoms with E-state index >= 15 is 0 Å². The smallest absolute Gasteiger partial charge is 0.325 e. The summed E-state index contributed by atoms with van der Waals surface area (Å²) in [5.41, 5.74) is 0. The lowest BCUT2D eigenvalue weighted by Gasteiger charge is -2.08. The molecule has 0 aliphatic carbocycles. The van der Waals surface area contributed by atoms with E-state index in [1.54, 1.807) is 12.1 Å². The second-order valence-corrected chi connectivity index (χ2v) is 4.97. The largest absolute Gasteiger partial charge is 0.459 e. The van der Waals surface area contributed by atoms with Gasteiger partial charge < -0.3 is 8.83 Å². The average Bonchev–Trinajstić information content (AvgIpc) is 2.97. The number of hydrogen-bond acceptors (Lipinski definition) is 5. The summed E-state index contributed by atoms with van der Waals surface area (Å²) in [6, 6.07) is 3.66. The maximum Gasteiger partial charge on any atom is 0.325 e. The highest BCUT2D eigenvalue weighted by atomic mass is 79.9. The van der Waals surface area contributed by atoms with Crippen molar-refractivity contribution in [2.45, 2.75) is 11.2 Å². The summed E-state index contributed by atoms with van der Waals surface area (Å²) < 4.78 is 10.5. The van der Waals surface area contributed by atoms with Crippen molar-refractivity contribution in [3.05, 3.63) is 18.4 Å². The fourth-order valence-electron chi connectivity index (χ4n) is 1.67. The summed E-state index contributed by atoms with van der Waals surface area (Å²) in [4.78, 5) is 13.2. The van der Waals surface area contributed by atoms with E-state index in [1.165, 1.54) is 11.2 Å². The third kappa shape index (κ3) is 1.86. The Morgan fingerprint density at radius 1 is 1.47 bits per heavy atom. The lowest BCUT2D eigenvalue weighted by Crippen LogP contribution is -2.24. The number of anilines is 1. The standard InChI is InChI=1S/C10H8BrN3O3/c11-6-4-8(15)14(5-6)10-13-12-9(17-10)7-2-1-3-16-7/h1-3,6H,4-5H2. The summed E-state index contributed by atoms with van der Waals surface area (Å²) in [5, 5.41) is 7.69. The molecular formula is C10H8BrN3O3. The van der Waals surface area contributed by atoms with Gasteiger partial charge in [0.25, 0.3) is 5.89 Å². The molecule has 0 saturated carbocycles. The number of amides is 1. The summed E-state index contributed by atoms with van der Waals surface area (Å²) in [6.07, 6.45) is 1.97. The Kier molecular flexibility index (Phi) is 2.47. The maximum atomic E-state index is 11.6. The first-order valence-corrected chi connectivity index (χ1v) is 5.97. The van der Waals surface area contributed by atoms with Gasteiger partial charge in [0.05, 0.1) is 6.26 Å². The number of carbonyl (C=O) groups is 1. The van der Waals surface area contributed by atoms with E-state index in [2.05, 4.69) is 26.1 Å². The zero-order valence-corrected chi connectivity index (χ0v) is 10.3. The number of carbonyl (C=O) groups excluding carboxylic acids is 1. The Hall–Kier alpha value is -1.63. The van der Waals surface area contributed by atoms with Gasteiger partial charge in [-0.1, -0.05) is 21.0 Å². The van der Waals surface area contributed by atoms with Gasteiger partial charge in [-0.2, -0.15) is 0 Å². The Labute approximate surface area is 105 Å². The molecule has 17 heavy (non-hydrogen) atoms. The van der Waals surface area contributed by atoms with E-state index in [9.17, 15) is 4.79 Å². The lowest BCUT2D eigenvalue weighted by molar-refractivity contribution is -0.117. The van der Waals surface area contributed by atoms with E-state index in [0.717, 1.165) is 0 Å². The molecule has 1 amide bonds. The molecule has 2 aromatic heterocycles. The van der Waals surface area contributed by atoms with Gasteiger partial charge in [0.15, 0.2) is 5.76 Å². The number of furan rings is 1. The number of aromatic nitrogens is 2. The first-order chi connectivity index (χ1) is 8.24. The quantitative estimate of drug-likeness (QED) is 0.791. The topological polar surface area (TPSA) is 72.4 Å². The Morgan fingerprint density at radius 2 is 2.35 bits per heavy atom. The van der Waals surface area contributed by atoms with Gasteiger partial charge in [-0.15, -0.1) is 5.10 Å². The van der Waals surface area contributed by atoms with E-state index in [1.807, 2.05) is 0 Å². The van der Waals surface area contributed by atoms with E-state index in [0.29, 0.717) is 18.7 Å². The summed E-state index contributed by atoms with van der Waals surface area (Å²) in [5.74, 6) is 0.739. The van der Waals surface area contributed by atoms with Crippen LogP contribution in [0.1, 0.15) is 6.42 Å². The third-order valence-corrected chi connectivity index (χ3v) is 3.07. The number of nitrogens with zero attached hydrogens (tertiary/aromatic N) is 3. The van der Waals surface area contributed by atoms with Crippen LogP contribution in [0.3, 0.4) is 0 Å². The molecule has 1 aliphatic heterocycles. The summed E-state index contributed by atoms with van der Waals surface area (Å²) in [6.45, 7) is 0.540. The van der Waals surface area contributed by atoms with Crippen LogP contribution in [0.15, 0.2) is 27.2 Å². The fraction of sp³-hybridized carbons (Fsp3) is 0.300. The maximum absolute atomic E-state index is 11.6. The van der Waals surface area contributed by atoms with Crippen LogP contribution in [0, 0.1) is 0 Å². The summed E-state index contributed by atoms with van der Waals surface area (Å²) >= 11 is 3.39. The van der Waals surface area contributed by atoms with Crippen LogP contribution in [0.4, 0.5) is 6.01 Å². The molecular weight excluding hydrogens is 290 g/mol. The molecule has 7 heteroatoms. The van der Waals surface area contributed by atoms with E-state index in [-0.39, 0.29) is 22.6 Å². The molecule has 1 aliphatic rings. The number of rotatable bonds is 2. The number of halogens is 1. The van der Waals surface area contributed by atoms with Crippen molar-refractivity contribution in [2.24, 2.45) is 0 Å². The Balaban J connectivity index is 1.88. The van der Waals surface area contributed by atoms with Gasteiger partial charge in [0, 0.05) is 17.8 Å². The first-order valence-electron chi connectivity index (χ1n) is 5.06. The number of hydrogen-bond donors (Lipinski definition) is 0. The molecule has 1 unspecified atom stereocenters. The third-order valence-electron chi connectivity index (χ3n) is 2.46. The van der Waals surface area contributed by atoms with Crippen LogP contribution < -0.4 is 4.90 Å². The van der Waals surface area contributed by atoms with Crippen LogP contribution in [-0.4, -0.2) is 27.5 Å². The van der Waals surface area contributed by atoms with Crippen molar-refractivity contribution in [2.75, 3.05) is 11.4 Å². The van der Waals surface area contributed by atoms with Gasteiger partial charge >= 0.3 is 6.01 Å². The van der Waals surface area contributed by atoms with E-state index in [4.69, 9.17) is 8.83 Å². The molecule has 0 aromatic carbocycles. The molecule has 3 rings (SSSR count). The van der Waals surface area contributed by atoms with Crippen molar-refractivity contribution in [3.8, 4) is 11.7 Å². The van der Waals surface area contributed by atoms with Crippen LogP contribution >= 0.6 is 15.9 Å². The molecule has 0 bridgehead atoms. The highest BCUT2D eigenvalue weighted by Gasteiger charge is 2.32. The normalized spacial score (nSPS) is 20.2. The molecule has 3 heterocycles. The predicted octanol–water partition coefficient (Wildman–Crippen LogP) is 1.83. The van der Waals surface area contributed by atoms with Crippen molar-refractivity contribution < 1.29 is 13.6 Å². The molecule has 0 radical (unpaired) electrons. The van der Waals surface area contributed by atoms with Crippen LogP contribution in [0.5, 0.6) is 0 Å². The monoisotopic (exact) mass is 297 g/mol. The van der Waals surface area contributed by atoms with Crippen LogP contribution in [0.2, 0.25) is 0 Å². The molecule has 0 N–H and O–H groups in total. The van der Waals surface area contributed by atoms with Gasteiger partial charge in [-0.3, -0.25) is 9.69 Å². The van der Waals surface area contributed by atoms with Crippen molar-refractivity contribution in [1.82, 2.24) is 10.2 Å². The molecule has 1 fully saturated rings. The zero-order valence-electron chi connectivity index (χ0n) is 8.67. The van der Waals surface area contributed by atoms with Crippen molar-refractivity contribution in [3.63, 3.8) is 0 Å². The minimum absolute atomic E-state index is 0.0264. The zero-order chi connectivity index (χ0) is 11.8. The second kappa shape index (κ2) is 3.99. The van der Waals surface area contributed by atoms with Gasteiger partial charge in [-0.05, 0) is 12.1 Å². The van der Waals surface area contributed by atoms with E-state index < -0.39 is 0 Å². The highest BCUT2D eigenvalue weighted by Crippen LogP contribution is 2.27. The predicted molar refractivity (Wildman–Crippen MR) is 61.7 cm³/mol. The lowest BCUT2D eigenvalue weighted by atomic mass is 10.4. The average molecular weight is 298 g/mol. The van der Waals surface area contributed by atoms with Gasteiger partial charge in [0.2, 0.25) is 5.91 Å². The van der Waals surface area contributed by atoms with Gasteiger partial charge in [0.1, 0.15) is 0 Å². The van der Waals surface area contributed by atoms with Crippen LogP contribution in [-0.2, 0) is 4.79 Å². The summed E-state index contributed by atoms with van der Waals surface area (Å²) in [7, 11) is 0. The Bertz CT molecular complexity index is 537. The molecule has 88 valence electrons. The fourth-order valence-corrected chi connectivity index (χ4v) is 2.24. The van der Waals surface area contributed by atoms with Crippen LogP contribution in [0.25, 0.3) is 11.7 Å². The van der Waals surface area contributed by atoms with Crippen molar-refractivity contribution in [1.29, 1.82) is 0 Å². The second-order valence-electron chi connectivity index (χ2n) is 3.67. The minimum Gasteiger partial charge on any atom is -0.459 e. The first kappa shape index (κ1) is 10.5. The Morgan fingerprint density at radius 3 is 3.00 bits per heavy atom.